The van der Waals surface area contributed by atoms with E-state index in [1.807, 2.05) is 0 Å². The predicted octanol–water partition coefficient (Wildman–Crippen LogP) is 2.64. The molecule has 2 aromatic rings. The second-order valence-electron chi connectivity index (χ2n) is 8.79. The van der Waals surface area contributed by atoms with E-state index in [0.29, 0.717) is 36.9 Å². The van der Waals surface area contributed by atoms with Gasteiger partial charge in [-0.3, -0.25) is 9.59 Å². The number of carbonyl (C=O) groups is 2. The van der Waals surface area contributed by atoms with Gasteiger partial charge < -0.3 is 15.3 Å². The topological polar surface area (TPSA) is 95.4 Å². The Hall–Kier alpha value is -2.80. The van der Waals surface area contributed by atoms with Crippen molar-refractivity contribution < 1.29 is 14.7 Å². The maximum Gasteiger partial charge on any atom is 0.219 e. The van der Waals surface area contributed by atoms with Crippen LogP contribution in [0.1, 0.15) is 54.2 Å². The number of hydrogen-bond donors (Lipinski definition) is 2. The Labute approximate surface area is 182 Å². The fourth-order valence-corrected chi connectivity index (χ4v) is 4.48. The number of ketones is 1. The van der Waals surface area contributed by atoms with Gasteiger partial charge in [0.25, 0.3) is 0 Å². The summed E-state index contributed by atoms with van der Waals surface area (Å²) in [4.78, 5) is 33.8. The maximum absolute atomic E-state index is 12.5. The number of aromatic nitrogens is 2. The number of hydrogen-bond acceptors (Lipinski definition) is 6. The third kappa shape index (κ3) is 5.47. The molecule has 1 aromatic carbocycles. The molecule has 0 bridgehead atoms. The van der Waals surface area contributed by atoms with Crippen molar-refractivity contribution in [2.45, 2.75) is 57.6 Å². The van der Waals surface area contributed by atoms with E-state index >= 15 is 0 Å². The monoisotopic (exact) mass is 422 g/mol. The van der Waals surface area contributed by atoms with Crippen LogP contribution in [0.2, 0.25) is 0 Å². The van der Waals surface area contributed by atoms with Crippen LogP contribution >= 0.6 is 0 Å². The molecule has 1 unspecified atom stereocenters. The lowest BCUT2D eigenvalue weighted by atomic mass is 9.96. The molecular formula is C24H30N4O3. The largest absolute Gasteiger partial charge is 0.393 e. The number of nitrogens with one attached hydrogen (secondary N) is 1. The Bertz CT molecular complexity index is 917. The van der Waals surface area contributed by atoms with Crippen molar-refractivity contribution in [1.82, 2.24) is 14.9 Å². The summed E-state index contributed by atoms with van der Waals surface area (Å²) in [6, 6.07) is 10.4. The lowest BCUT2D eigenvalue weighted by molar-refractivity contribution is -0.132. The number of aliphatic hydroxyl groups excluding tert-OH is 1. The van der Waals surface area contributed by atoms with Gasteiger partial charge in [0.05, 0.1) is 12.1 Å². The first-order valence-corrected chi connectivity index (χ1v) is 11.1. The Kier molecular flexibility index (Phi) is 6.61. The number of anilines is 1. The lowest BCUT2D eigenvalue weighted by Crippen LogP contribution is -2.56. The molecule has 1 amide bonds. The SMILES string of the molecule is CC(=O)N1CC(Nc2cc(C(=O)CCC(O)CCC3Cc4ccccc4C3)ncn2)C1. The molecule has 1 saturated heterocycles. The minimum absolute atomic E-state index is 0.0626. The third-order valence-corrected chi connectivity index (χ3v) is 6.38. The van der Waals surface area contributed by atoms with Crippen LogP contribution in [0.3, 0.4) is 0 Å². The zero-order valence-electron chi connectivity index (χ0n) is 18.0. The molecule has 1 fully saturated rings. The Morgan fingerprint density at radius 3 is 2.55 bits per heavy atom. The predicted molar refractivity (Wildman–Crippen MR) is 118 cm³/mol. The molecule has 1 aromatic heterocycles. The van der Waals surface area contributed by atoms with Crippen molar-refractivity contribution in [3.63, 3.8) is 0 Å². The number of benzene rings is 1. The summed E-state index contributed by atoms with van der Waals surface area (Å²) in [5.74, 6) is 1.15. The summed E-state index contributed by atoms with van der Waals surface area (Å²) >= 11 is 0. The van der Waals surface area contributed by atoms with Gasteiger partial charge in [-0.05, 0) is 49.1 Å². The van der Waals surface area contributed by atoms with Gasteiger partial charge in [-0.1, -0.05) is 24.3 Å². The highest BCUT2D eigenvalue weighted by atomic mass is 16.3. The van der Waals surface area contributed by atoms with Crippen molar-refractivity contribution in [3.05, 3.63) is 53.5 Å². The molecule has 7 heteroatoms. The fraction of sp³-hybridized carbons (Fsp3) is 0.500. The van der Waals surface area contributed by atoms with Gasteiger partial charge in [0.2, 0.25) is 5.91 Å². The number of likely N-dealkylation sites (tertiary alicyclic amines) is 1. The van der Waals surface area contributed by atoms with Crippen LogP contribution in [0, 0.1) is 5.92 Å². The van der Waals surface area contributed by atoms with E-state index in [4.69, 9.17) is 0 Å². The minimum atomic E-state index is -0.473. The normalized spacial score (nSPS) is 17.2. The highest BCUT2D eigenvalue weighted by Gasteiger charge is 2.28. The van der Waals surface area contributed by atoms with Crippen molar-refractivity contribution in [3.8, 4) is 0 Å². The van der Waals surface area contributed by atoms with Gasteiger partial charge in [-0.15, -0.1) is 0 Å². The zero-order valence-corrected chi connectivity index (χ0v) is 18.0. The molecular weight excluding hydrogens is 392 g/mol. The maximum atomic E-state index is 12.5. The highest BCUT2D eigenvalue weighted by Crippen LogP contribution is 2.30. The number of carbonyl (C=O) groups excluding carboxylic acids is 2. The van der Waals surface area contributed by atoms with Gasteiger partial charge in [0.15, 0.2) is 5.78 Å². The Balaban J connectivity index is 1.19. The molecule has 7 nitrogen and oxygen atoms in total. The van der Waals surface area contributed by atoms with E-state index in [1.165, 1.54) is 17.5 Å². The second-order valence-corrected chi connectivity index (χ2v) is 8.79. The minimum Gasteiger partial charge on any atom is -0.393 e. The third-order valence-electron chi connectivity index (χ3n) is 6.38. The number of nitrogens with zero attached hydrogens (tertiary/aromatic N) is 3. The van der Waals surface area contributed by atoms with E-state index in [-0.39, 0.29) is 24.2 Å². The summed E-state index contributed by atoms with van der Waals surface area (Å²) < 4.78 is 0. The molecule has 1 aliphatic carbocycles. The van der Waals surface area contributed by atoms with Crippen molar-refractivity contribution in [1.29, 1.82) is 0 Å². The van der Waals surface area contributed by atoms with Gasteiger partial charge >= 0.3 is 0 Å². The van der Waals surface area contributed by atoms with Crippen molar-refractivity contribution in [2.24, 2.45) is 5.92 Å². The Morgan fingerprint density at radius 2 is 1.87 bits per heavy atom. The van der Waals surface area contributed by atoms with Crippen LogP contribution in [0.15, 0.2) is 36.7 Å². The first kappa shape index (κ1) is 21.4. The van der Waals surface area contributed by atoms with Gasteiger partial charge in [-0.2, -0.15) is 0 Å². The summed E-state index contributed by atoms with van der Waals surface area (Å²) in [7, 11) is 0. The van der Waals surface area contributed by atoms with E-state index < -0.39 is 6.10 Å². The molecule has 1 aliphatic heterocycles. The molecule has 0 radical (unpaired) electrons. The smallest absolute Gasteiger partial charge is 0.219 e. The molecule has 4 rings (SSSR count). The molecule has 2 N–H and O–H groups in total. The van der Waals surface area contributed by atoms with Gasteiger partial charge in [0, 0.05) is 32.5 Å². The van der Waals surface area contributed by atoms with Gasteiger partial charge in [0.1, 0.15) is 17.8 Å². The van der Waals surface area contributed by atoms with E-state index in [1.54, 1.807) is 17.9 Å². The average molecular weight is 423 g/mol. The molecule has 0 saturated carbocycles. The lowest BCUT2D eigenvalue weighted by Gasteiger charge is -2.39. The van der Waals surface area contributed by atoms with Gasteiger partial charge in [-0.25, -0.2) is 9.97 Å². The number of aliphatic hydroxyl groups is 1. The molecule has 164 valence electrons. The van der Waals surface area contributed by atoms with Crippen LogP contribution in [-0.4, -0.2) is 56.9 Å². The van der Waals surface area contributed by atoms with Crippen LogP contribution in [0.4, 0.5) is 5.82 Å². The molecule has 1 atom stereocenters. The van der Waals surface area contributed by atoms with Crippen molar-refractivity contribution in [2.75, 3.05) is 18.4 Å². The van der Waals surface area contributed by atoms with Crippen LogP contribution < -0.4 is 5.32 Å². The van der Waals surface area contributed by atoms with Crippen LogP contribution in [0.5, 0.6) is 0 Å². The summed E-state index contributed by atoms with van der Waals surface area (Å²) in [6.07, 6.45) is 5.49. The standard InChI is InChI=1S/C24H30N4O3/c1-16(29)28-13-20(14-28)27-24-12-22(25-15-26-24)23(31)9-8-21(30)7-6-17-10-18-4-2-3-5-19(18)11-17/h2-5,12,15,17,20-21,30H,6-11,13-14H2,1H3,(H,25,26,27). The number of fused-ring (bicyclic) bond motifs is 1. The molecule has 31 heavy (non-hydrogen) atoms. The van der Waals surface area contributed by atoms with Crippen LogP contribution in [-0.2, 0) is 17.6 Å². The number of amides is 1. The van der Waals surface area contributed by atoms with E-state index in [0.717, 1.165) is 25.7 Å². The number of Topliss-reactive ketones (excluding diaryl/α,β-unsaturated/α-hetero) is 1. The fourth-order valence-electron chi connectivity index (χ4n) is 4.48. The second kappa shape index (κ2) is 9.56. The quantitative estimate of drug-likeness (QED) is 0.603. The van der Waals surface area contributed by atoms with E-state index in [9.17, 15) is 14.7 Å². The van der Waals surface area contributed by atoms with Crippen LogP contribution in [0.25, 0.3) is 0 Å². The zero-order chi connectivity index (χ0) is 21.8. The first-order valence-electron chi connectivity index (χ1n) is 11.1. The van der Waals surface area contributed by atoms with E-state index in [2.05, 4.69) is 39.6 Å². The number of rotatable bonds is 9. The van der Waals surface area contributed by atoms with Crippen molar-refractivity contribution >= 4 is 17.5 Å². The molecule has 2 heterocycles. The summed E-state index contributed by atoms with van der Waals surface area (Å²) in [5.41, 5.74) is 3.22. The highest BCUT2D eigenvalue weighted by molar-refractivity contribution is 5.94. The summed E-state index contributed by atoms with van der Waals surface area (Å²) in [6.45, 7) is 2.83. The Morgan fingerprint density at radius 1 is 1.16 bits per heavy atom. The average Bonchev–Trinajstić information content (AvgIpc) is 3.15. The molecule has 2 aliphatic rings. The first-order chi connectivity index (χ1) is 15.0. The molecule has 0 spiro atoms. The summed E-state index contributed by atoms with van der Waals surface area (Å²) in [5, 5.41) is 13.6.